The Hall–Kier alpha value is -2.43. The number of morpholine rings is 1. The molecule has 0 bridgehead atoms. The lowest BCUT2D eigenvalue weighted by atomic mass is 9.89. The molecule has 3 aliphatic rings. The fraction of sp³-hybridized carbons (Fsp3) is 0.632. The van der Waals surface area contributed by atoms with Crippen molar-refractivity contribution in [3.05, 3.63) is 29.3 Å². The zero-order valence-electron chi connectivity index (χ0n) is 16.2. The summed E-state index contributed by atoms with van der Waals surface area (Å²) in [6.45, 7) is 2.19. The summed E-state index contributed by atoms with van der Waals surface area (Å²) >= 11 is 0. The highest BCUT2D eigenvalue weighted by Crippen LogP contribution is 2.31. The Bertz CT molecular complexity index is 834. The molecule has 0 saturated carbocycles. The number of aromatic nitrogens is 1. The van der Waals surface area contributed by atoms with Crippen molar-refractivity contribution in [2.24, 2.45) is 5.92 Å². The van der Waals surface area contributed by atoms with Gasteiger partial charge >= 0.3 is 12.2 Å². The van der Waals surface area contributed by atoms with E-state index in [2.05, 4.69) is 10.3 Å². The van der Waals surface area contributed by atoms with E-state index in [1.54, 1.807) is 9.80 Å². The topological polar surface area (TPSA) is 74.8 Å². The van der Waals surface area contributed by atoms with E-state index in [9.17, 15) is 27.2 Å². The third-order valence-corrected chi connectivity index (χ3v) is 5.89. The largest absolute Gasteiger partial charge is 0.417 e. The fourth-order valence-electron chi connectivity index (χ4n) is 4.27. The lowest BCUT2D eigenvalue weighted by Gasteiger charge is -2.52. The molecule has 3 fully saturated rings. The van der Waals surface area contributed by atoms with Crippen LogP contribution in [0.5, 0.6) is 0 Å². The second-order valence-electron chi connectivity index (χ2n) is 8.24. The number of amides is 3. The molecule has 3 saturated heterocycles. The number of carbonyl (C=O) groups excluding carboxylic acids is 2. The molecule has 0 atom stereocenters. The van der Waals surface area contributed by atoms with E-state index in [1.165, 1.54) is 0 Å². The molecule has 1 N–H and O–H groups in total. The van der Waals surface area contributed by atoms with Gasteiger partial charge in [-0.3, -0.25) is 9.78 Å². The van der Waals surface area contributed by atoms with Crippen molar-refractivity contribution in [2.75, 3.05) is 39.4 Å². The number of halogens is 4. The molecule has 7 nitrogen and oxygen atoms in total. The van der Waals surface area contributed by atoms with Gasteiger partial charge in [0, 0.05) is 32.4 Å². The van der Waals surface area contributed by atoms with Gasteiger partial charge in [-0.15, -0.1) is 0 Å². The molecule has 4 heterocycles. The highest BCUT2D eigenvalue weighted by molar-refractivity contribution is 5.81. The predicted molar refractivity (Wildman–Crippen MR) is 95.9 cm³/mol. The van der Waals surface area contributed by atoms with Gasteiger partial charge in [0.05, 0.1) is 23.4 Å². The smallest absolute Gasteiger partial charge is 0.369 e. The number of pyridine rings is 1. The molecule has 4 rings (SSSR count). The maximum absolute atomic E-state index is 14.0. The highest BCUT2D eigenvalue weighted by atomic mass is 19.4. The number of ether oxygens (including phenoxy) is 1. The average molecular weight is 430 g/mol. The number of hydrogen-bond donors (Lipinski definition) is 1. The van der Waals surface area contributed by atoms with Gasteiger partial charge in [0.15, 0.2) is 0 Å². The molecule has 11 heteroatoms. The monoisotopic (exact) mass is 430 g/mol. The minimum absolute atomic E-state index is 0.0190. The molecule has 0 aromatic carbocycles. The van der Waals surface area contributed by atoms with Crippen LogP contribution in [0.4, 0.5) is 22.4 Å². The first-order chi connectivity index (χ1) is 14.2. The zero-order chi connectivity index (χ0) is 21.5. The molecule has 3 amide bonds. The number of nitrogens with one attached hydrogen (secondary N) is 1. The third kappa shape index (κ3) is 4.21. The summed E-state index contributed by atoms with van der Waals surface area (Å²) < 4.78 is 57.2. The van der Waals surface area contributed by atoms with Crippen molar-refractivity contribution in [2.45, 2.75) is 31.0 Å². The van der Waals surface area contributed by atoms with E-state index < -0.39 is 23.1 Å². The van der Waals surface area contributed by atoms with Gasteiger partial charge in [0.2, 0.25) is 5.91 Å². The van der Waals surface area contributed by atoms with Gasteiger partial charge in [-0.1, -0.05) is 0 Å². The molecule has 1 aromatic heterocycles. The van der Waals surface area contributed by atoms with Crippen LogP contribution in [0.1, 0.15) is 24.1 Å². The Kier molecular flexibility index (Phi) is 5.33. The van der Waals surface area contributed by atoms with Crippen LogP contribution in [0.15, 0.2) is 12.3 Å². The first-order valence-electron chi connectivity index (χ1n) is 9.79. The summed E-state index contributed by atoms with van der Waals surface area (Å²) in [7, 11) is 0. The lowest BCUT2D eigenvalue weighted by Crippen LogP contribution is -2.76. The molecule has 30 heavy (non-hydrogen) atoms. The average Bonchev–Trinajstić information content (AvgIpc) is 2.67. The van der Waals surface area contributed by atoms with E-state index >= 15 is 0 Å². The van der Waals surface area contributed by atoms with Crippen LogP contribution < -0.4 is 5.32 Å². The molecule has 0 radical (unpaired) electrons. The number of nitrogens with zero attached hydrogens (tertiary/aromatic N) is 3. The van der Waals surface area contributed by atoms with Crippen molar-refractivity contribution >= 4 is 11.9 Å². The zero-order valence-corrected chi connectivity index (χ0v) is 16.2. The van der Waals surface area contributed by atoms with Crippen molar-refractivity contribution in [1.82, 2.24) is 20.1 Å². The SMILES string of the molecule is O=C1COCC2(CN(C(=O)N3CCC(Cc4ncc(C(F)(F)F)cc4F)CC3)C2)N1. The van der Waals surface area contributed by atoms with Crippen LogP contribution in [0.25, 0.3) is 0 Å². The molecular weight excluding hydrogens is 408 g/mol. The number of piperidine rings is 1. The number of rotatable bonds is 2. The lowest BCUT2D eigenvalue weighted by molar-refractivity contribution is -0.141. The predicted octanol–water partition coefficient (Wildman–Crippen LogP) is 1.81. The van der Waals surface area contributed by atoms with Crippen LogP contribution in [0.3, 0.4) is 0 Å². The standard InChI is InChI=1S/C19H22F4N4O3/c20-14-6-13(19(21,22)23)7-24-15(14)5-12-1-3-26(4-2-12)17(29)27-9-18(10-27)11-30-8-16(28)25-18/h6-7,12H,1-5,8-11H2,(H,25,28). The third-order valence-electron chi connectivity index (χ3n) is 5.89. The van der Waals surface area contributed by atoms with Crippen LogP contribution >= 0.6 is 0 Å². The Balaban J connectivity index is 1.26. The van der Waals surface area contributed by atoms with Crippen LogP contribution in [0.2, 0.25) is 0 Å². The Labute approximate surface area is 170 Å². The molecule has 0 unspecified atom stereocenters. The fourth-order valence-corrected chi connectivity index (χ4v) is 4.27. The van der Waals surface area contributed by atoms with Crippen molar-refractivity contribution in [1.29, 1.82) is 0 Å². The second-order valence-corrected chi connectivity index (χ2v) is 8.24. The molecular formula is C19H22F4N4O3. The molecule has 0 aliphatic carbocycles. The van der Waals surface area contributed by atoms with Gasteiger partial charge in [-0.05, 0) is 31.2 Å². The summed E-state index contributed by atoms with van der Waals surface area (Å²) in [5.74, 6) is -1.09. The summed E-state index contributed by atoms with van der Waals surface area (Å²) in [6.07, 6.45) is -2.49. The number of hydrogen-bond acceptors (Lipinski definition) is 4. The van der Waals surface area contributed by atoms with E-state index in [4.69, 9.17) is 4.74 Å². The van der Waals surface area contributed by atoms with Crippen molar-refractivity contribution in [3.8, 4) is 0 Å². The van der Waals surface area contributed by atoms with Crippen molar-refractivity contribution < 1.29 is 31.9 Å². The highest BCUT2D eigenvalue weighted by Gasteiger charge is 2.49. The van der Waals surface area contributed by atoms with Gasteiger partial charge in [0.1, 0.15) is 12.4 Å². The Morgan fingerprint density at radius 3 is 2.57 bits per heavy atom. The summed E-state index contributed by atoms with van der Waals surface area (Å²) in [5, 5.41) is 2.88. The van der Waals surface area contributed by atoms with Crippen LogP contribution in [0, 0.1) is 11.7 Å². The quantitative estimate of drug-likeness (QED) is 0.727. The molecule has 3 aliphatic heterocycles. The van der Waals surface area contributed by atoms with Crippen molar-refractivity contribution in [3.63, 3.8) is 0 Å². The van der Waals surface area contributed by atoms with Crippen LogP contribution in [-0.2, 0) is 22.1 Å². The number of alkyl halides is 3. The Morgan fingerprint density at radius 1 is 1.27 bits per heavy atom. The van der Waals surface area contributed by atoms with Gasteiger partial charge in [-0.25, -0.2) is 9.18 Å². The summed E-state index contributed by atoms with van der Waals surface area (Å²) in [5.41, 5.74) is -1.57. The number of carbonyl (C=O) groups is 2. The molecule has 1 aromatic rings. The normalized spacial score (nSPS) is 22.1. The minimum Gasteiger partial charge on any atom is -0.369 e. The first kappa shape index (κ1) is 20.8. The summed E-state index contributed by atoms with van der Waals surface area (Å²) in [4.78, 5) is 31.2. The first-order valence-corrected chi connectivity index (χ1v) is 9.79. The van der Waals surface area contributed by atoms with Gasteiger partial charge in [-0.2, -0.15) is 13.2 Å². The maximum atomic E-state index is 14.0. The second kappa shape index (κ2) is 7.68. The van der Waals surface area contributed by atoms with Gasteiger partial charge < -0.3 is 19.9 Å². The Morgan fingerprint density at radius 2 is 1.97 bits per heavy atom. The molecule has 1 spiro atoms. The minimum atomic E-state index is -4.62. The maximum Gasteiger partial charge on any atom is 0.417 e. The number of likely N-dealkylation sites (tertiary alicyclic amines) is 2. The summed E-state index contributed by atoms with van der Waals surface area (Å²) in [6, 6.07) is 0.367. The van der Waals surface area contributed by atoms with Gasteiger partial charge in [0.25, 0.3) is 0 Å². The van der Waals surface area contributed by atoms with E-state index in [-0.39, 0.29) is 36.6 Å². The van der Waals surface area contributed by atoms with E-state index in [0.717, 1.165) is 0 Å². The molecule has 164 valence electrons. The number of urea groups is 1. The van der Waals surface area contributed by atoms with E-state index in [0.29, 0.717) is 57.9 Å². The van der Waals surface area contributed by atoms with Crippen LogP contribution in [-0.4, -0.2) is 71.7 Å². The van der Waals surface area contributed by atoms with E-state index in [1.807, 2.05) is 0 Å².